The number of sulfonamides is 1. The molecule has 0 aliphatic carbocycles. The van der Waals surface area contributed by atoms with Crippen LogP contribution < -0.4 is 10.5 Å². The highest BCUT2D eigenvalue weighted by Crippen LogP contribution is 2.20. The molecule has 114 valence electrons. The molecule has 0 amide bonds. The molecule has 0 unspecified atom stereocenters. The Hall–Kier alpha value is -1.11. The number of nitrogens with zero attached hydrogens (tertiary/aromatic N) is 1. The number of hydrogen-bond donors (Lipinski definition) is 1. The Morgan fingerprint density at radius 3 is 2.05 bits per heavy atom. The fraction of sp³-hybridized carbons (Fsp3) is 0.571. The molecule has 0 spiro atoms. The van der Waals surface area contributed by atoms with Gasteiger partial charge in [-0.15, -0.1) is 0 Å². The van der Waals surface area contributed by atoms with E-state index >= 15 is 0 Å². The molecule has 1 aromatic carbocycles. The van der Waals surface area contributed by atoms with E-state index in [2.05, 4.69) is 0 Å². The molecular formula is C14H24N2O3S. The van der Waals surface area contributed by atoms with E-state index in [9.17, 15) is 8.42 Å². The van der Waals surface area contributed by atoms with Gasteiger partial charge in [0.1, 0.15) is 12.4 Å². The van der Waals surface area contributed by atoms with E-state index in [1.807, 2.05) is 13.8 Å². The maximum atomic E-state index is 11.9. The van der Waals surface area contributed by atoms with E-state index in [0.29, 0.717) is 12.4 Å². The third kappa shape index (κ3) is 3.94. The van der Waals surface area contributed by atoms with Crippen molar-refractivity contribution in [3.05, 3.63) is 24.3 Å². The SMILES string of the molecule is CCC(N)(CC)COc1ccc(S(=O)(=O)N(C)C)cc1. The highest BCUT2D eigenvalue weighted by atomic mass is 32.2. The molecule has 0 bridgehead atoms. The van der Waals surface area contributed by atoms with Gasteiger partial charge in [0, 0.05) is 19.6 Å². The van der Waals surface area contributed by atoms with Gasteiger partial charge in [-0.2, -0.15) is 0 Å². The summed E-state index contributed by atoms with van der Waals surface area (Å²) < 4.78 is 30.7. The van der Waals surface area contributed by atoms with Crippen molar-refractivity contribution in [1.82, 2.24) is 4.31 Å². The van der Waals surface area contributed by atoms with Crippen LogP contribution in [-0.4, -0.2) is 39.0 Å². The summed E-state index contributed by atoms with van der Waals surface area (Å²) in [5, 5.41) is 0. The van der Waals surface area contributed by atoms with Gasteiger partial charge >= 0.3 is 0 Å². The van der Waals surface area contributed by atoms with Crippen LogP contribution in [-0.2, 0) is 10.0 Å². The Morgan fingerprint density at radius 1 is 1.15 bits per heavy atom. The molecule has 5 nitrogen and oxygen atoms in total. The van der Waals surface area contributed by atoms with Gasteiger partial charge in [0.15, 0.2) is 0 Å². The summed E-state index contributed by atoms with van der Waals surface area (Å²) in [4.78, 5) is 0.250. The van der Waals surface area contributed by atoms with Crippen molar-refractivity contribution >= 4 is 10.0 Å². The Morgan fingerprint density at radius 2 is 1.65 bits per heavy atom. The molecule has 0 aromatic heterocycles. The largest absolute Gasteiger partial charge is 0.492 e. The van der Waals surface area contributed by atoms with Gasteiger partial charge < -0.3 is 10.5 Å². The minimum absolute atomic E-state index is 0.250. The third-order valence-electron chi connectivity index (χ3n) is 3.54. The lowest BCUT2D eigenvalue weighted by Crippen LogP contribution is -2.44. The smallest absolute Gasteiger partial charge is 0.242 e. The van der Waals surface area contributed by atoms with Gasteiger partial charge in [-0.1, -0.05) is 13.8 Å². The number of hydrogen-bond acceptors (Lipinski definition) is 4. The summed E-state index contributed by atoms with van der Waals surface area (Å²) in [6.07, 6.45) is 1.66. The molecular weight excluding hydrogens is 276 g/mol. The van der Waals surface area contributed by atoms with Crippen LogP contribution in [0.2, 0.25) is 0 Å². The van der Waals surface area contributed by atoms with Crippen LogP contribution in [0.15, 0.2) is 29.2 Å². The normalized spacial score (nSPS) is 12.7. The van der Waals surface area contributed by atoms with Crippen molar-refractivity contribution in [2.75, 3.05) is 20.7 Å². The van der Waals surface area contributed by atoms with E-state index in [1.165, 1.54) is 18.4 Å². The lowest BCUT2D eigenvalue weighted by Gasteiger charge is -2.26. The third-order valence-corrected chi connectivity index (χ3v) is 5.37. The highest BCUT2D eigenvalue weighted by Gasteiger charge is 2.21. The predicted octanol–water partition coefficient (Wildman–Crippen LogP) is 1.83. The van der Waals surface area contributed by atoms with E-state index in [4.69, 9.17) is 10.5 Å². The van der Waals surface area contributed by atoms with Crippen LogP contribution in [0.1, 0.15) is 26.7 Å². The Kier molecular flexibility index (Phi) is 5.56. The Bertz CT molecular complexity index is 520. The molecule has 1 aromatic rings. The standard InChI is InChI=1S/C14H24N2O3S/c1-5-14(15,6-2)11-19-12-7-9-13(10-8-12)20(17,18)16(3)4/h7-10H,5-6,11,15H2,1-4H3. The van der Waals surface area contributed by atoms with Crippen LogP contribution in [0.4, 0.5) is 0 Å². The molecule has 6 heteroatoms. The summed E-state index contributed by atoms with van der Waals surface area (Å²) in [5.74, 6) is 0.624. The predicted molar refractivity (Wildman–Crippen MR) is 80.3 cm³/mol. The zero-order valence-corrected chi connectivity index (χ0v) is 13.4. The maximum absolute atomic E-state index is 11.9. The molecule has 20 heavy (non-hydrogen) atoms. The second kappa shape index (κ2) is 6.56. The fourth-order valence-corrected chi connectivity index (χ4v) is 2.50. The van der Waals surface area contributed by atoms with E-state index in [0.717, 1.165) is 12.8 Å². The quantitative estimate of drug-likeness (QED) is 0.834. The van der Waals surface area contributed by atoms with Crippen molar-refractivity contribution in [2.45, 2.75) is 37.1 Å². The Balaban J connectivity index is 2.78. The zero-order chi connectivity index (χ0) is 15.4. The minimum atomic E-state index is -3.39. The highest BCUT2D eigenvalue weighted by molar-refractivity contribution is 7.89. The van der Waals surface area contributed by atoms with E-state index in [1.54, 1.807) is 24.3 Å². The fourth-order valence-electron chi connectivity index (χ4n) is 1.60. The van der Waals surface area contributed by atoms with Crippen LogP contribution in [0, 0.1) is 0 Å². The van der Waals surface area contributed by atoms with Crippen LogP contribution in [0.25, 0.3) is 0 Å². The molecule has 1 rings (SSSR count). The van der Waals surface area contributed by atoms with Crippen LogP contribution in [0.5, 0.6) is 5.75 Å². The number of benzene rings is 1. The molecule has 0 atom stereocenters. The topological polar surface area (TPSA) is 72.6 Å². The van der Waals surface area contributed by atoms with Crippen LogP contribution >= 0.6 is 0 Å². The molecule has 0 radical (unpaired) electrons. The minimum Gasteiger partial charge on any atom is -0.492 e. The van der Waals surface area contributed by atoms with Crippen molar-refractivity contribution < 1.29 is 13.2 Å². The van der Waals surface area contributed by atoms with Gasteiger partial charge in [0.25, 0.3) is 0 Å². The first-order valence-corrected chi connectivity index (χ1v) is 8.13. The van der Waals surface area contributed by atoms with Gasteiger partial charge in [0.05, 0.1) is 4.90 Å². The molecule has 0 saturated carbocycles. The lowest BCUT2D eigenvalue weighted by molar-refractivity contribution is 0.207. The van der Waals surface area contributed by atoms with E-state index < -0.39 is 10.0 Å². The number of ether oxygens (including phenoxy) is 1. The average molecular weight is 300 g/mol. The first-order valence-electron chi connectivity index (χ1n) is 6.69. The van der Waals surface area contributed by atoms with E-state index in [-0.39, 0.29) is 10.4 Å². The first kappa shape index (κ1) is 16.9. The summed E-state index contributed by atoms with van der Waals surface area (Å²) in [5.41, 5.74) is 5.82. The number of rotatable bonds is 7. The van der Waals surface area contributed by atoms with Crippen molar-refractivity contribution in [2.24, 2.45) is 5.73 Å². The van der Waals surface area contributed by atoms with Crippen molar-refractivity contribution in [1.29, 1.82) is 0 Å². The summed E-state index contributed by atoms with van der Waals surface area (Å²) in [6.45, 7) is 4.47. The maximum Gasteiger partial charge on any atom is 0.242 e. The zero-order valence-electron chi connectivity index (χ0n) is 12.6. The summed E-state index contributed by atoms with van der Waals surface area (Å²) >= 11 is 0. The number of nitrogens with two attached hydrogens (primary N) is 1. The second-order valence-electron chi connectivity index (χ2n) is 5.12. The average Bonchev–Trinajstić information content (AvgIpc) is 2.45. The molecule has 2 N–H and O–H groups in total. The lowest BCUT2D eigenvalue weighted by atomic mass is 9.96. The summed E-state index contributed by atoms with van der Waals surface area (Å²) in [7, 11) is -0.383. The summed E-state index contributed by atoms with van der Waals surface area (Å²) in [6, 6.07) is 6.39. The van der Waals surface area contributed by atoms with Crippen molar-refractivity contribution in [3.63, 3.8) is 0 Å². The molecule has 0 saturated heterocycles. The molecule has 0 fully saturated rings. The Labute approximate surface area is 121 Å². The molecule has 0 aliphatic heterocycles. The molecule has 0 aliphatic rings. The molecule has 0 heterocycles. The van der Waals surface area contributed by atoms with Gasteiger partial charge in [0.2, 0.25) is 10.0 Å². The van der Waals surface area contributed by atoms with Gasteiger partial charge in [-0.25, -0.2) is 12.7 Å². The van der Waals surface area contributed by atoms with Crippen LogP contribution in [0.3, 0.4) is 0 Å². The van der Waals surface area contributed by atoms with Crippen molar-refractivity contribution in [3.8, 4) is 5.75 Å². The first-order chi connectivity index (χ1) is 9.25. The van der Waals surface area contributed by atoms with Gasteiger partial charge in [-0.3, -0.25) is 0 Å². The van der Waals surface area contributed by atoms with Gasteiger partial charge in [-0.05, 0) is 37.1 Å². The monoisotopic (exact) mass is 300 g/mol. The second-order valence-corrected chi connectivity index (χ2v) is 7.27.